The molecule has 0 bridgehead atoms. The summed E-state index contributed by atoms with van der Waals surface area (Å²) >= 11 is 0. The Morgan fingerprint density at radius 1 is 1.25 bits per heavy atom. The molecule has 4 heteroatoms. The number of hydrogen-bond acceptors (Lipinski definition) is 3. The number of ether oxygens (including phenoxy) is 1. The van der Waals surface area contributed by atoms with Crippen LogP contribution in [0.4, 0.5) is 5.69 Å². The molecule has 1 amide bonds. The first-order valence-corrected chi connectivity index (χ1v) is 6.51. The maximum Gasteiger partial charge on any atom is 0.337 e. The predicted octanol–water partition coefficient (Wildman–Crippen LogP) is 3.02. The van der Waals surface area contributed by atoms with Gasteiger partial charge in [-0.05, 0) is 44.5 Å². The van der Waals surface area contributed by atoms with Crippen molar-refractivity contribution in [2.45, 2.75) is 33.2 Å². The van der Waals surface area contributed by atoms with Gasteiger partial charge in [0.2, 0.25) is 5.91 Å². The van der Waals surface area contributed by atoms with E-state index in [1.165, 1.54) is 7.11 Å². The number of esters is 1. The molecular formula is C16H19NO3. The number of fused-ring (bicyclic) bond motifs is 1. The molecule has 106 valence electrons. The van der Waals surface area contributed by atoms with E-state index in [9.17, 15) is 9.59 Å². The highest BCUT2D eigenvalue weighted by molar-refractivity contribution is 6.01. The molecule has 20 heavy (non-hydrogen) atoms. The van der Waals surface area contributed by atoms with Gasteiger partial charge in [0, 0.05) is 12.5 Å². The van der Waals surface area contributed by atoms with Gasteiger partial charge in [-0.1, -0.05) is 6.08 Å². The molecule has 0 saturated carbocycles. The van der Waals surface area contributed by atoms with E-state index >= 15 is 0 Å². The lowest BCUT2D eigenvalue weighted by Gasteiger charge is -2.41. The molecule has 2 rings (SSSR count). The summed E-state index contributed by atoms with van der Waals surface area (Å²) in [6.07, 6.45) is 2.04. The number of hydrogen-bond donors (Lipinski definition) is 0. The number of allylic oxidation sites excluding steroid dienone is 1. The maximum absolute atomic E-state index is 12.0. The lowest BCUT2D eigenvalue weighted by atomic mass is 9.88. The highest BCUT2D eigenvalue weighted by Crippen LogP contribution is 2.39. The summed E-state index contributed by atoms with van der Waals surface area (Å²) in [6.45, 7) is 7.53. The van der Waals surface area contributed by atoms with E-state index in [0.717, 1.165) is 16.8 Å². The molecule has 0 radical (unpaired) electrons. The summed E-state index contributed by atoms with van der Waals surface area (Å²) in [5, 5.41) is 0. The van der Waals surface area contributed by atoms with Crippen molar-refractivity contribution in [1.29, 1.82) is 0 Å². The molecule has 1 aromatic carbocycles. The van der Waals surface area contributed by atoms with Crippen molar-refractivity contribution in [2.24, 2.45) is 0 Å². The zero-order valence-electron chi connectivity index (χ0n) is 12.5. The van der Waals surface area contributed by atoms with Crippen molar-refractivity contribution in [3.05, 3.63) is 35.4 Å². The minimum atomic E-state index is -0.379. The number of anilines is 1. The Morgan fingerprint density at radius 2 is 1.90 bits per heavy atom. The molecule has 0 atom stereocenters. The number of nitrogens with zero attached hydrogens (tertiary/aromatic N) is 1. The van der Waals surface area contributed by atoms with Gasteiger partial charge in [0.25, 0.3) is 0 Å². The lowest BCUT2D eigenvalue weighted by Crippen LogP contribution is -2.47. The van der Waals surface area contributed by atoms with E-state index in [1.807, 2.05) is 26.8 Å². The van der Waals surface area contributed by atoms with E-state index in [0.29, 0.717) is 5.56 Å². The lowest BCUT2D eigenvalue weighted by molar-refractivity contribution is -0.117. The fourth-order valence-electron chi connectivity index (χ4n) is 2.85. The second kappa shape index (κ2) is 4.78. The fourth-order valence-corrected chi connectivity index (χ4v) is 2.85. The molecule has 0 saturated heterocycles. The Labute approximate surface area is 119 Å². The van der Waals surface area contributed by atoms with Gasteiger partial charge < -0.3 is 9.64 Å². The van der Waals surface area contributed by atoms with Crippen LogP contribution >= 0.6 is 0 Å². The third kappa shape index (κ3) is 2.22. The molecule has 0 N–H and O–H groups in total. The summed E-state index contributed by atoms with van der Waals surface area (Å²) < 4.78 is 4.74. The van der Waals surface area contributed by atoms with E-state index in [2.05, 4.69) is 0 Å². The Kier molecular flexibility index (Phi) is 3.42. The molecule has 0 aliphatic carbocycles. The number of rotatable bonds is 1. The van der Waals surface area contributed by atoms with Crippen LogP contribution in [-0.4, -0.2) is 24.5 Å². The molecule has 0 aromatic heterocycles. The first-order valence-electron chi connectivity index (χ1n) is 6.51. The Bertz CT molecular complexity index is 614. The summed E-state index contributed by atoms with van der Waals surface area (Å²) in [6, 6.07) is 5.27. The molecule has 4 nitrogen and oxygen atoms in total. The second-order valence-corrected chi connectivity index (χ2v) is 5.56. The third-order valence-corrected chi connectivity index (χ3v) is 3.54. The van der Waals surface area contributed by atoms with Gasteiger partial charge >= 0.3 is 5.97 Å². The van der Waals surface area contributed by atoms with Crippen LogP contribution in [0.25, 0.3) is 5.57 Å². The Hall–Kier alpha value is -2.10. The van der Waals surface area contributed by atoms with Crippen molar-refractivity contribution < 1.29 is 14.3 Å². The van der Waals surface area contributed by atoms with Crippen LogP contribution in [0.2, 0.25) is 0 Å². The van der Waals surface area contributed by atoms with Crippen LogP contribution < -0.4 is 4.90 Å². The minimum Gasteiger partial charge on any atom is -0.465 e. The van der Waals surface area contributed by atoms with E-state index in [4.69, 9.17) is 4.74 Å². The molecule has 0 unspecified atom stereocenters. The highest BCUT2D eigenvalue weighted by Gasteiger charge is 2.34. The van der Waals surface area contributed by atoms with Crippen molar-refractivity contribution >= 4 is 23.1 Å². The molecule has 0 spiro atoms. The summed E-state index contributed by atoms with van der Waals surface area (Å²) in [4.78, 5) is 25.3. The average molecular weight is 273 g/mol. The van der Waals surface area contributed by atoms with E-state index < -0.39 is 0 Å². The van der Waals surface area contributed by atoms with Crippen molar-refractivity contribution in [3.63, 3.8) is 0 Å². The van der Waals surface area contributed by atoms with Gasteiger partial charge in [0.1, 0.15) is 0 Å². The second-order valence-electron chi connectivity index (χ2n) is 5.56. The Morgan fingerprint density at radius 3 is 2.45 bits per heavy atom. The van der Waals surface area contributed by atoms with Gasteiger partial charge in [-0.3, -0.25) is 4.79 Å². The number of carbonyl (C=O) groups is 2. The number of methoxy groups -OCH3 is 1. The zero-order valence-corrected chi connectivity index (χ0v) is 12.5. The van der Waals surface area contributed by atoms with Crippen LogP contribution in [0.5, 0.6) is 0 Å². The van der Waals surface area contributed by atoms with Crippen molar-refractivity contribution in [3.8, 4) is 0 Å². The molecule has 1 aliphatic rings. The average Bonchev–Trinajstić information content (AvgIpc) is 2.35. The van der Waals surface area contributed by atoms with Crippen LogP contribution in [0.3, 0.4) is 0 Å². The van der Waals surface area contributed by atoms with Crippen molar-refractivity contribution in [1.82, 2.24) is 0 Å². The SMILES string of the molecule is COC(=O)c1ccc2c(c1)C(C)=CC(C)(C)N2C(C)=O. The molecule has 1 heterocycles. The number of carbonyl (C=O) groups excluding carboxylic acids is 2. The van der Waals surface area contributed by atoms with Gasteiger partial charge in [-0.15, -0.1) is 0 Å². The minimum absolute atomic E-state index is 0.0224. The fraction of sp³-hybridized carbons (Fsp3) is 0.375. The van der Waals surface area contributed by atoms with E-state index in [-0.39, 0.29) is 17.4 Å². The summed E-state index contributed by atoms with van der Waals surface area (Å²) in [5.41, 5.74) is 2.88. The number of benzene rings is 1. The summed E-state index contributed by atoms with van der Waals surface area (Å²) in [7, 11) is 1.36. The zero-order chi connectivity index (χ0) is 15.1. The Balaban J connectivity index is 2.63. The van der Waals surface area contributed by atoms with E-state index in [1.54, 1.807) is 30.0 Å². The molecule has 0 fully saturated rings. The normalized spacial score (nSPS) is 16.2. The molecule has 1 aliphatic heterocycles. The highest BCUT2D eigenvalue weighted by atomic mass is 16.5. The van der Waals surface area contributed by atoms with Crippen LogP contribution in [0.1, 0.15) is 43.6 Å². The quantitative estimate of drug-likeness (QED) is 0.739. The summed E-state index contributed by atoms with van der Waals surface area (Å²) in [5.74, 6) is -0.398. The van der Waals surface area contributed by atoms with Crippen LogP contribution in [-0.2, 0) is 9.53 Å². The van der Waals surface area contributed by atoms with Gasteiger partial charge in [-0.25, -0.2) is 4.79 Å². The maximum atomic E-state index is 12.0. The van der Waals surface area contributed by atoms with Crippen LogP contribution in [0, 0.1) is 0 Å². The molecular weight excluding hydrogens is 254 g/mol. The van der Waals surface area contributed by atoms with Gasteiger partial charge in [0.15, 0.2) is 0 Å². The first-order chi connectivity index (χ1) is 9.27. The number of amides is 1. The van der Waals surface area contributed by atoms with Gasteiger partial charge in [0.05, 0.1) is 23.9 Å². The van der Waals surface area contributed by atoms with Crippen LogP contribution in [0.15, 0.2) is 24.3 Å². The third-order valence-electron chi connectivity index (χ3n) is 3.54. The molecule has 1 aromatic rings. The standard InChI is InChI=1S/C16H19NO3/c1-10-9-16(3,4)17(11(2)18)14-7-6-12(8-13(10)14)15(19)20-5/h6-9H,1-5H3. The van der Waals surface area contributed by atoms with Gasteiger partial charge in [-0.2, -0.15) is 0 Å². The predicted molar refractivity (Wildman–Crippen MR) is 78.7 cm³/mol. The monoisotopic (exact) mass is 273 g/mol. The largest absolute Gasteiger partial charge is 0.465 e. The topological polar surface area (TPSA) is 46.6 Å². The first kappa shape index (κ1) is 14.3. The smallest absolute Gasteiger partial charge is 0.337 e. The van der Waals surface area contributed by atoms with Crippen molar-refractivity contribution in [2.75, 3.05) is 12.0 Å².